The zero-order valence-corrected chi connectivity index (χ0v) is 10.5. The van der Waals surface area contributed by atoms with E-state index in [1.807, 2.05) is 0 Å². The Bertz CT molecular complexity index is 577. The van der Waals surface area contributed by atoms with E-state index < -0.39 is 41.2 Å². The Kier molecular flexibility index (Phi) is 5.07. The lowest BCUT2D eigenvalue weighted by atomic mass is 10.0. The summed E-state index contributed by atoms with van der Waals surface area (Å²) in [4.78, 5) is 11.6. The minimum Gasteiger partial charge on any atom is -0.462 e. The summed E-state index contributed by atoms with van der Waals surface area (Å²) >= 11 is 0. The van der Waals surface area contributed by atoms with Gasteiger partial charge in [-0.2, -0.15) is 5.26 Å². The molecule has 0 saturated carbocycles. The molecule has 0 aliphatic heterocycles. The molecule has 0 amide bonds. The summed E-state index contributed by atoms with van der Waals surface area (Å²) in [6, 6.07) is 2.34. The number of benzene rings is 1. The van der Waals surface area contributed by atoms with Gasteiger partial charge in [0.15, 0.2) is 0 Å². The SMILES string of the molecule is CCOC(=O)c1c(C#N)cc(C(F)F)cc1OC(F)(F)F. The molecule has 0 unspecified atom stereocenters. The predicted molar refractivity (Wildman–Crippen MR) is 58.8 cm³/mol. The first-order valence-electron chi connectivity index (χ1n) is 5.48. The van der Waals surface area contributed by atoms with Crippen LogP contribution in [0.5, 0.6) is 5.75 Å². The summed E-state index contributed by atoms with van der Waals surface area (Å²) in [5.74, 6) is -2.47. The number of carbonyl (C=O) groups excluding carboxylic acids is 1. The number of rotatable bonds is 4. The van der Waals surface area contributed by atoms with Crippen molar-refractivity contribution in [3.63, 3.8) is 0 Å². The van der Waals surface area contributed by atoms with Crippen molar-refractivity contribution in [2.45, 2.75) is 19.7 Å². The molecule has 1 aromatic carbocycles. The third kappa shape index (κ3) is 4.30. The van der Waals surface area contributed by atoms with Crippen molar-refractivity contribution < 1.29 is 36.2 Å². The predicted octanol–water partition coefficient (Wildman–Crippen LogP) is 3.57. The second kappa shape index (κ2) is 6.39. The lowest BCUT2D eigenvalue weighted by molar-refractivity contribution is -0.274. The third-order valence-corrected chi connectivity index (χ3v) is 2.20. The van der Waals surface area contributed by atoms with Gasteiger partial charge in [0.2, 0.25) is 0 Å². The molecule has 4 nitrogen and oxygen atoms in total. The van der Waals surface area contributed by atoms with Crippen LogP contribution >= 0.6 is 0 Å². The highest BCUT2D eigenvalue weighted by atomic mass is 19.4. The van der Waals surface area contributed by atoms with Gasteiger partial charge in [-0.15, -0.1) is 13.2 Å². The second-order valence-corrected chi connectivity index (χ2v) is 3.62. The van der Waals surface area contributed by atoms with E-state index in [9.17, 15) is 26.7 Å². The standard InChI is InChI=1S/C12H8F5NO3/c1-2-20-11(19)9-7(5-18)3-6(10(13)14)4-8(9)21-12(15,16)17/h3-4,10H,2H2,1H3. The number of nitriles is 1. The fourth-order valence-electron chi connectivity index (χ4n) is 1.47. The molecule has 1 rings (SSSR count). The number of halogens is 5. The van der Waals surface area contributed by atoms with Gasteiger partial charge in [0.25, 0.3) is 6.43 Å². The van der Waals surface area contributed by atoms with Crippen molar-refractivity contribution in [2.24, 2.45) is 0 Å². The zero-order chi connectivity index (χ0) is 16.2. The van der Waals surface area contributed by atoms with Gasteiger partial charge >= 0.3 is 12.3 Å². The van der Waals surface area contributed by atoms with Crippen LogP contribution in [0.1, 0.15) is 34.8 Å². The summed E-state index contributed by atoms with van der Waals surface area (Å²) in [6.45, 7) is 1.22. The van der Waals surface area contributed by atoms with Gasteiger partial charge in [-0.05, 0) is 19.1 Å². The largest absolute Gasteiger partial charge is 0.573 e. The van der Waals surface area contributed by atoms with Crippen LogP contribution in [0, 0.1) is 11.3 Å². The number of carbonyl (C=O) groups is 1. The van der Waals surface area contributed by atoms with E-state index >= 15 is 0 Å². The Balaban J connectivity index is 3.50. The average molecular weight is 309 g/mol. The Morgan fingerprint density at radius 2 is 2.00 bits per heavy atom. The Hall–Kier alpha value is -2.37. The molecule has 0 heterocycles. The minimum absolute atomic E-state index is 0.175. The van der Waals surface area contributed by atoms with E-state index in [1.165, 1.54) is 13.0 Å². The van der Waals surface area contributed by atoms with Crippen molar-refractivity contribution >= 4 is 5.97 Å². The molecule has 9 heteroatoms. The first-order valence-corrected chi connectivity index (χ1v) is 5.48. The lowest BCUT2D eigenvalue weighted by Crippen LogP contribution is -2.20. The maximum Gasteiger partial charge on any atom is 0.573 e. The highest BCUT2D eigenvalue weighted by Crippen LogP contribution is 2.33. The fourth-order valence-corrected chi connectivity index (χ4v) is 1.47. The van der Waals surface area contributed by atoms with Crippen LogP contribution < -0.4 is 4.74 Å². The number of hydrogen-bond donors (Lipinski definition) is 0. The number of nitrogens with zero attached hydrogens (tertiary/aromatic N) is 1. The molecule has 0 bridgehead atoms. The molecule has 0 aromatic heterocycles. The van der Waals surface area contributed by atoms with Crippen molar-refractivity contribution in [1.82, 2.24) is 0 Å². The quantitative estimate of drug-likeness (QED) is 0.630. The van der Waals surface area contributed by atoms with Crippen LogP contribution in [-0.4, -0.2) is 18.9 Å². The fraction of sp³-hybridized carbons (Fsp3) is 0.333. The topological polar surface area (TPSA) is 59.3 Å². The number of hydrogen-bond acceptors (Lipinski definition) is 4. The molecule has 1 aromatic rings. The summed E-state index contributed by atoms with van der Waals surface area (Å²) in [5.41, 5.74) is -2.41. The molecule has 0 aliphatic carbocycles. The third-order valence-electron chi connectivity index (χ3n) is 2.20. The molecule has 0 radical (unpaired) electrons. The number of ether oxygens (including phenoxy) is 2. The van der Waals surface area contributed by atoms with Gasteiger partial charge in [0.1, 0.15) is 17.4 Å². The van der Waals surface area contributed by atoms with Crippen LogP contribution in [0.25, 0.3) is 0 Å². The van der Waals surface area contributed by atoms with E-state index in [0.29, 0.717) is 12.1 Å². The van der Waals surface area contributed by atoms with Crippen molar-refractivity contribution in [2.75, 3.05) is 6.61 Å². The van der Waals surface area contributed by atoms with Crippen molar-refractivity contribution in [1.29, 1.82) is 5.26 Å². The summed E-state index contributed by atoms with van der Waals surface area (Å²) < 4.78 is 70.2. The molecule has 0 N–H and O–H groups in total. The molecule has 21 heavy (non-hydrogen) atoms. The van der Waals surface area contributed by atoms with Gasteiger partial charge in [0.05, 0.1) is 12.2 Å². The average Bonchev–Trinajstić information content (AvgIpc) is 2.35. The lowest BCUT2D eigenvalue weighted by Gasteiger charge is -2.15. The van der Waals surface area contributed by atoms with Gasteiger partial charge in [-0.1, -0.05) is 0 Å². The molecule has 0 atom stereocenters. The maximum atomic E-state index is 12.6. The van der Waals surface area contributed by atoms with Crippen LogP contribution in [0.15, 0.2) is 12.1 Å². The molecular formula is C12H8F5NO3. The Labute approximate surface area is 115 Å². The minimum atomic E-state index is -5.21. The van der Waals surface area contributed by atoms with Gasteiger partial charge < -0.3 is 9.47 Å². The smallest absolute Gasteiger partial charge is 0.462 e. The molecule has 114 valence electrons. The van der Waals surface area contributed by atoms with Gasteiger partial charge in [-0.25, -0.2) is 13.6 Å². The van der Waals surface area contributed by atoms with E-state index in [0.717, 1.165) is 0 Å². The van der Waals surface area contributed by atoms with Crippen molar-refractivity contribution in [3.8, 4) is 11.8 Å². The van der Waals surface area contributed by atoms with E-state index in [1.54, 1.807) is 0 Å². The molecule has 0 saturated heterocycles. The zero-order valence-electron chi connectivity index (χ0n) is 10.5. The Morgan fingerprint density at radius 3 is 2.43 bits per heavy atom. The number of alkyl halides is 5. The highest BCUT2D eigenvalue weighted by molar-refractivity contribution is 5.95. The van der Waals surface area contributed by atoms with Crippen LogP contribution in [0.4, 0.5) is 22.0 Å². The van der Waals surface area contributed by atoms with E-state index in [-0.39, 0.29) is 6.61 Å². The summed E-state index contributed by atoms with van der Waals surface area (Å²) in [5, 5.41) is 8.83. The first kappa shape index (κ1) is 16.7. The van der Waals surface area contributed by atoms with Crippen LogP contribution in [0.3, 0.4) is 0 Å². The molecular weight excluding hydrogens is 301 g/mol. The molecule has 0 fully saturated rings. The van der Waals surface area contributed by atoms with Gasteiger partial charge in [-0.3, -0.25) is 0 Å². The van der Waals surface area contributed by atoms with E-state index in [2.05, 4.69) is 9.47 Å². The first-order chi connectivity index (χ1) is 9.69. The molecule has 0 aliphatic rings. The van der Waals surface area contributed by atoms with Gasteiger partial charge in [0, 0.05) is 5.56 Å². The summed E-state index contributed by atoms with van der Waals surface area (Å²) in [7, 11) is 0. The highest BCUT2D eigenvalue weighted by Gasteiger charge is 2.35. The normalized spacial score (nSPS) is 11.1. The van der Waals surface area contributed by atoms with E-state index in [4.69, 9.17) is 5.26 Å². The van der Waals surface area contributed by atoms with Crippen molar-refractivity contribution in [3.05, 3.63) is 28.8 Å². The Morgan fingerprint density at radius 1 is 1.38 bits per heavy atom. The van der Waals surface area contributed by atoms with Crippen LogP contribution in [-0.2, 0) is 4.74 Å². The molecule has 0 spiro atoms. The monoisotopic (exact) mass is 309 g/mol. The second-order valence-electron chi connectivity index (χ2n) is 3.62. The summed E-state index contributed by atoms with van der Waals surface area (Å²) in [6.07, 6.45) is -8.35. The maximum absolute atomic E-state index is 12.6. The van der Waals surface area contributed by atoms with Crippen LogP contribution in [0.2, 0.25) is 0 Å². The number of esters is 1.